The summed E-state index contributed by atoms with van der Waals surface area (Å²) in [4.78, 5) is 14.8. The Labute approximate surface area is 174 Å². The predicted octanol–water partition coefficient (Wildman–Crippen LogP) is 5.66. The van der Waals surface area contributed by atoms with Gasteiger partial charge in [0.2, 0.25) is 0 Å². The first-order valence-electron chi connectivity index (χ1n) is 8.51. The third kappa shape index (κ3) is 6.74. The quantitative estimate of drug-likeness (QED) is 0.260. The van der Waals surface area contributed by atoms with Gasteiger partial charge in [-0.3, -0.25) is 9.78 Å². The number of aromatic nitrogens is 1. The number of benzene rings is 2. The van der Waals surface area contributed by atoms with Gasteiger partial charge < -0.3 is 5.11 Å². The summed E-state index contributed by atoms with van der Waals surface area (Å²) in [5.74, 6) is -0.0625. The van der Waals surface area contributed by atoms with Crippen LogP contribution in [0.1, 0.15) is 30.5 Å². The fraction of sp³-hybridized carbons (Fsp3) is 0.217. The number of ketones is 1. The molecule has 3 aromatic rings. The second kappa shape index (κ2) is 10.1. The molecule has 143 valence electrons. The molecule has 1 heterocycles. The number of carbonyl (C=O) groups is 1. The average Bonchev–Trinajstić information content (AvgIpc) is 2.53. The molecule has 0 amide bonds. The van der Waals surface area contributed by atoms with E-state index in [2.05, 4.69) is 63.2 Å². The molecule has 0 spiro atoms. The number of nitrogens with zero attached hydrogens (tertiary/aromatic N) is 1. The maximum atomic E-state index is 10.0. The van der Waals surface area contributed by atoms with Crippen molar-refractivity contribution in [2.75, 3.05) is 0 Å². The van der Waals surface area contributed by atoms with Crippen molar-refractivity contribution in [1.82, 2.24) is 4.98 Å². The van der Waals surface area contributed by atoms with Crippen LogP contribution in [0.25, 0.3) is 22.2 Å². The fourth-order valence-corrected chi connectivity index (χ4v) is 2.82. The molecule has 1 N–H and O–H groups in total. The summed E-state index contributed by atoms with van der Waals surface area (Å²) < 4.78 is 0. The van der Waals surface area contributed by atoms with Gasteiger partial charge in [0.1, 0.15) is 0 Å². The maximum Gasteiger partial charge on any atom is 0.155 e. The molecule has 1 radical (unpaired) electrons. The molecule has 0 fully saturated rings. The summed E-state index contributed by atoms with van der Waals surface area (Å²) in [5.41, 5.74) is 6.79. The van der Waals surface area contributed by atoms with Crippen molar-refractivity contribution in [3.8, 4) is 11.3 Å². The zero-order chi connectivity index (χ0) is 19.3. The first-order valence-corrected chi connectivity index (χ1v) is 8.51. The Morgan fingerprint density at radius 2 is 1.74 bits per heavy atom. The van der Waals surface area contributed by atoms with Crippen molar-refractivity contribution in [3.05, 3.63) is 77.1 Å². The minimum atomic E-state index is -0.125. The number of hydrogen-bond acceptors (Lipinski definition) is 3. The van der Waals surface area contributed by atoms with E-state index >= 15 is 0 Å². The van der Waals surface area contributed by atoms with Gasteiger partial charge in [0, 0.05) is 31.6 Å². The van der Waals surface area contributed by atoms with Crippen LogP contribution >= 0.6 is 0 Å². The van der Waals surface area contributed by atoms with E-state index in [1.807, 2.05) is 6.07 Å². The Morgan fingerprint density at radius 3 is 2.30 bits per heavy atom. The molecule has 27 heavy (non-hydrogen) atoms. The molecule has 0 aliphatic heterocycles. The third-order valence-electron chi connectivity index (χ3n) is 3.76. The van der Waals surface area contributed by atoms with E-state index in [9.17, 15) is 4.79 Å². The van der Waals surface area contributed by atoms with Gasteiger partial charge in [-0.1, -0.05) is 38.1 Å². The minimum absolute atomic E-state index is 0. The molecular weight excluding hydrogens is 514 g/mol. The van der Waals surface area contributed by atoms with E-state index in [0.717, 1.165) is 22.3 Å². The Hall–Kier alpha value is -2.29. The van der Waals surface area contributed by atoms with E-state index in [-0.39, 0.29) is 31.6 Å². The van der Waals surface area contributed by atoms with Gasteiger partial charge in [-0.2, -0.15) is 0 Å². The molecule has 3 nitrogen and oxygen atoms in total. The molecular formula is C23H24IrNO2-. The average molecular weight is 539 g/mol. The number of allylic oxidation sites excluding steroid dienone is 2. The molecule has 0 bridgehead atoms. The summed E-state index contributed by atoms with van der Waals surface area (Å²) in [6.07, 6.45) is 1.17. The number of pyridine rings is 1. The van der Waals surface area contributed by atoms with Crippen LogP contribution in [0.5, 0.6) is 0 Å². The fourth-order valence-electron chi connectivity index (χ4n) is 2.82. The summed E-state index contributed by atoms with van der Waals surface area (Å²) >= 11 is 0. The van der Waals surface area contributed by atoms with Gasteiger partial charge in [0.25, 0.3) is 0 Å². The molecule has 0 unspecified atom stereocenters. The van der Waals surface area contributed by atoms with Crippen LogP contribution in [-0.2, 0) is 24.9 Å². The summed E-state index contributed by atoms with van der Waals surface area (Å²) in [6.45, 7) is 9.17. The van der Waals surface area contributed by atoms with Crippen molar-refractivity contribution >= 4 is 16.7 Å². The van der Waals surface area contributed by atoms with E-state index in [4.69, 9.17) is 10.1 Å². The second-order valence-corrected chi connectivity index (χ2v) is 6.49. The number of carbonyl (C=O) groups excluding carboxylic acids is 1. The first-order chi connectivity index (χ1) is 12.3. The molecule has 4 heteroatoms. The molecule has 1 aromatic heterocycles. The maximum absolute atomic E-state index is 10.0. The number of aryl methyl sites for hydroxylation is 3. The Morgan fingerprint density at radius 1 is 1.07 bits per heavy atom. The van der Waals surface area contributed by atoms with E-state index in [0.29, 0.717) is 0 Å². The monoisotopic (exact) mass is 539 g/mol. The molecule has 0 atom stereocenters. The minimum Gasteiger partial charge on any atom is -0.512 e. The largest absolute Gasteiger partial charge is 0.512 e. The van der Waals surface area contributed by atoms with Gasteiger partial charge in [0.05, 0.1) is 11.3 Å². The number of hydrogen-bond donors (Lipinski definition) is 1. The van der Waals surface area contributed by atoms with Gasteiger partial charge in [-0.05, 0) is 38.1 Å². The molecule has 0 saturated heterocycles. The van der Waals surface area contributed by atoms with Crippen LogP contribution in [0.3, 0.4) is 0 Å². The molecule has 2 aromatic carbocycles. The zero-order valence-corrected chi connectivity index (χ0v) is 18.6. The van der Waals surface area contributed by atoms with Gasteiger partial charge >= 0.3 is 0 Å². The van der Waals surface area contributed by atoms with Gasteiger partial charge in [0.15, 0.2) is 5.78 Å². The second-order valence-electron chi connectivity index (χ2n) is 6.49. The number of para-hydroxylation sites is 1. The van der Waals surface area contributed by atoms with Crippen molar-refractivity contribution in [2.45, 2.75) is 34.6 Å². The van der Waals surface area contributed by atoms with Gasteiger partial charge in [-0.15, -0.1) is 34.9 Å². The molecule has 3 rings (SSSR count). The standard InChI is InChI=1S/C18H16N.C5H8O2.Ir/c1-12-8-13(2)10-15(9-12)18-11-14(3)16-6-4-5-7-17(16)19-18;1-4(6)3-5(2)7;/h4-9,11H,1-3H3;3,6H,1-2H3;/q-1;;. The SMILES string of the molecule is CC(=O)C=C(C)O.Cc1[c-]c(-c2cc(C)c3ccccc3n2)cc(C)c1.[Ir]. The smallest absolute Gasteiger partial charge is 0.155 e. The number of aliphatic hydroxyl groups is 1. The summed E-state index contributed by atoms with van der Waals surface area (Å²) in [6, 6.07) is 18.1. The number of aliphatic hydroxyl groups excluding tert-OH is 1. The van der Waals surface area contributed by atoms with E-state index in [1.54, 1.807) is 0 Å². The van der Waals surface area contributed by atoms with E-state index in [1.165, 1.54) is 36.4 Å². The first kappa shape index (κ1) is 22.7. The molecule has 0 aliphatic carbocycles. The zero-order valence-electron chi connectivity index (χ0n) is 16.3. The predicted molar refractivity (Wildman–Crippen MR) is 107 cm³/mol. The normalized spacial score (nSPS) is 10.6. The van der Waals surface area contributed by atoms with E-state index < -0.39 is 0 Å². The topological polar surface area (TPSA) is 50.2 Å². The Kier molecular flexibility index (Phi) is 8.55. The van der Waals surface area contributed by atoms with Crippen molar-refractivity contribution in [1.29, 1.82) is 0 Å². The van der Waals surface area contributed by atoms with Crippen LogP contribution < -0.4 is 0 Å². The molecule has 0 saturated carbocycles. The Balaban J connectivity index is 0.000000395. The third-order valence-corrected chi connectivity index (χ3v) is 3.76. The summed E-state index contributed by atoms with van der Waals surface area (Å²) in [7, 11) is 0. The van der Waals surface area contributed by atoms with Crippen LogP contribution in [0.2, 0.25) is 0 Å². The van der Waals surface area contributed by atoms with Crippen molar-refractivity contribution in [3.63, 3.8) is 0 Å². The van der Waals surface area contributed by atoms with Crippen LogP contribution in [0.15, 0.2) is 54.3 Å². The molecule has 0 aliphatic rings. The van der Waals surface area contributed by atoms with Crippen molar-refractivity contribution in [2.24, 2.45) is 0 Å². The Bertz CT molecular complexity index is 953. The van der Waals surface area contributed by atoms with Gasteiger partial charge in [-0.25, -0.2) is 0 Å². The van der Waals surface area contributed by atoms with Crippen LogP contribution in [-0.4, -0.2) is 15.9 Å². The van der Waals surface area contributed by atoms with Crippen LogP contribution in [0, 0.1) is 26.8 Å². The van der Waals surface area contributed by atoms with Crippen LogP contribution in [0.4, 0.5) is 0 Å². The number of rotatable bonds is 2. The van der Waals surface area contributed by atoms with Crippen molar-refractivity contribution < 1.29 is 30.0 Å². The summed E-state index contributed by atoms with van der Waals surface area (Å²) in [5, 5.41) is 9.58. The number of fused-ring (bicyclic) bond motifs is 1.